The lowest BCUT2D eigenvalue weighted by atomic mass is 10.1. The fourth-order valence-electron chi connectivity index (χ4n) is 3.90. The van der Waals surface area contributed by atoms with Crippen LogP contribution in [-0.4, -0.2) is 50.4 Å². The van der Waals surface area contributed by atoms with Crippen LogP contribution in [0.1, 0.15) is 33.3 Å². The number of methoxy groups -OCH3 is 1. The number of nitrogens with zero attached hydrogens (tertiary/aromatic N) is 2. The molecule has 0 saturated carbocycles. The van der Waals surface area contributed by atoms with Gasteiger partial charge in [-0.25, -0.2) is 8.42 Å². The van der Waals surface area contributed by atoms with Gasteiger partial charge in [-0.15, -0.1) is 0 Å². The minimum atomic E-state index is -4.20. The van der Waals surface area contributed by atoms with E-state index in [1.165, 1.54) is 42.3 Å². The summed E-state index contributed by atoms with van der Waals surface area (Å²) in [7, 11) is -2.76. The van der Waals surface area contributed by atoms with Crippen molar-refractivity contribution in [1.82, 2.24) is 10.2 Å². The molecule has 0 bridgehead atoms. The number of nitrogens with one attached hydrogen (secondary N) is 1. The highest BCUT2D eigenvalue weighted by Gasteiger charge is 2.33. The molecular formula is C29H33Cl2N3O5S. The largest absolute Gasteiger partial charge is 0.495 e. The van der Waals surface area contributed by atoms with Crippen molar-refractivity contribution in [3.05, 3.63) is 88.4 Å². The summed E-state index contributed by atoms with van der Waals surface area (Å²) in [5, 5.41) is 3.60. The third-order valence-electron chi connectivity index (χ3n) is 5.97. The van der Waals surface area contributed by atoms with E-state index in [-0.39, 0.29) is 28.1 Å². The molecular weight excluding hydrogens is 573 g/mol. The first-order valence-corrected chi connectivity index (χ1v) is 14.7. The smallest absolute Gasteiger partial charge is 0.264 e. The molecule has 0 unspecified atom stereocenters. The molecule has 11 heteroatoms. The van der Waals surface area contributed by atoms with Gasteiger partial charge >= 0.3 is 0 Å². The molecule has 8 nitrogen and oxygen atoms in total. The summed E-state index contributed by atoms with van der Waals surface area (Å²) in [6.45, 7) is 6.59. The lowest BCUT2D eigenvalue weighted by Crippen LogP contribution is -2.54. The van der Waals surface area contributed by atoms with Gasteiger partial charge in [0.05, 0.1) is 22.7 Å². The van der Waals surface area contributed by atoms with Gasteiger partial charge in [-0.3, -0.25) is 13.9 Å². The molecule has 0 fully saturated rings. The second-order valence-corrected chi connectivity index (χ2v) is 12.9. The van der Waals surface area contributed by atoms with Gasteiger partial charge in [0, 0.05) is 17.1 Å². The molecule has 3 aromatic carbocycles. The summed E-state index contributed by atoms with van der Waals surface area (Å²) in [4.78, 5) is 28.4. The Kier molecular flexibility index (Phi) is 10.1. The van der Waals surface area contributed by atoms with Crippen molar-refractivity contribution in [1.29, 1.82) is 0 Å². The molecule has 0 aliphatic heterocycles. The summed E-state index contributed by atoms with van der Waals surface area (Å²) in [6.07, 6.45) is 0. The van der Waals surface area contributed by atoms with E-state index >= 15 is 0 Å². The molecule has 0 heterocycles. The van der Waals surface area contributed by atoms with E-state index in [0.717, 1.165) is 9.87 Å². The Bertz CT molecular complexity index is 1440. The van der Waals surface area contributed by atoms with Crippen molar-refractivity contribution < 1.29 is 22.7 Å². The number of benzene rings is 3. The molecule has 0 radical (unpaired) electrons. The zero-order valence-electron chi connectivity index (χ0n) is 23.0. The van der Waals surface area contributed by atoms with Gasteiger partial charge in [-0.1, -0.05) is 53.5 Å². The van der Waals surface area contributed by atoms with Crippen molar-refractivity contribution in [2.24, 2.45) is 0 Å². The van der Waals surface area contributed by atoms with Crippen LogP contribution in [0.2, 0.25) is 10.0 Å². The first kappa shape index (κ1) is 31.3. The molecule has 0 spiro atoms. The number of carbonyl (C=O) groups excluding carboxylic acids is 2. The molecule has 3 rings (SSSR count). The maximum absolute atomic E-state index is 14.0. The summed E-state index contributed by atoms with van der Waals surface area (Å²) in [5.41, 5.74) is 0.349. The van der Waals surface area contributed by atoms with Crippen molar-refractivity contribution >= 4 is 50.7 Å². The van der Waals surface area contributed by atoms with Gasteiger partial charge in [-0.05, 0) is 75.7 Å². The van der Waals surface area contributed by atoms with E-state index in [9.17, 15) is 18.0 Å². The monoisotopic (exact) mass is 605 g/mol. The Balaban J connectivity index is 2.06. The SMILES string of the molecule is COc1ccc(N(CC(=O)N(Cc2ccc(Cl)cc2)[C@H](C)C(=O)NC(C)(C)C)S(=O)(=O)c2ccccc2)cc1Cl. The van der Waals surface area contributed by atoms with Gasteiger partial charge in [0.2, 0.25) is 11.8 Å². The Morgan fingerprint density at radius 2 is 1.60 bits per heavy atom. The van der Waals surface area contributed by atoms with Gasteiger partial charge in [0.15, 0.2) is 0 Å². The summed E-state index contributed by atoms with van der Waals surface area (Å²) in [6, 6.07) is 18.2. The number of amides is 2. The number of carbonyl (C=O) groups is 2. The fraction of sp³-hybridized carbons (Fsp3) is 0.310. The van der Waals surface area contributed by atoms with Crippen LogP contribution in [0, 0.1) is 0 Å². The lowest BCUT2D eigenvalue weighted by molar-refractivity contribution is -0.140. The first-order valence-electron chi connectivity index (χ1n) is 12.5. The predicted octanol–water partition coefficient (Wildman–Crippen LogP) is 5.53. The number of rotatable bonds is 10. The van der Waals surface area contributed by atoms with E-state index in [4.69, 9.17) is 27.9 Å². The normalized spacial score (nSPS) is 12.4. The van der Waals surface area contributed by atoms with Crippen LogP contribution in [-0.2, 0) is 26.2 Å². The van der Waals surface area contributed by atoms with E-state index in [0.29, 0.717) is 10.8 Å². The second-order valence-electron chi connectivity index (χ2n) is 10.2. The summed E-state index contributed by atoms with van der Waals surface area (Å²) >= 11 is 12.4. The van der Waals surface area contributed by atoms with Crippen molar-refractivity contribution in [3.63, 3.8) is 0 Å². The number of halogens is 2. The molecule has 0 aliphatic rings. The van der Waals surface area contributed by atoms with Crippen LogP contribution in [0.4, 0.5) is 5.69 Å². The Morgan fingerprint density at radius 1 is 0.975 bits per heavy atom. The Morgan fingerprint density at radius 3 is 2.15 bits per heavy atom. The van der Waals surface area contributed by atoms with E-state index < -0.39 is 34.1 Å². The lowest BCUT2D eigenvalue weighted by Gasteiger charge is -2.33. The fourth-order valence-corrected chi connectivity index (χ4v) is 5.71. The molecule has 1 atom stereocenters. The zero-order chi connectivity index (χ0) is 29.7. The number of ether oxygens (including phenoxy) is 1. The third kappa shape index (κ3) is 7.90. The first-order chi connectivity index (χ1) is 18.7. The molecule has 3 aromatic rings. The minimum absolute atomic E-state index is 0.00230. The maximum atomic E-state index is 14.0. The highest BCUT2D eigenvalue weighted by atomic mass is 35.5. The number of hydrogen-bond donors (Lipinski definition) is 1. The second kappa shape index (κ2) is 12.9. The van der Waals surface area contributed by atoms with E-state index in [1.54, 1.807) is 49.4 Å². The predicted molar refractivity (Wildman–Crippen MR) is 158 cm³/mol. The minimum Gasteiger partial charge on any atom is -0.495 e. The van der Waals surface area contributed by atoms with Crippen LogP contribution in [0.25, 0.3) is 0 Å². The number of anilines is 1. The van der Waals surface area contributed by atoms with Crippen LogP contribution in [0.5, 0.6) is 5.75 Å². The quantitative estimate of drug-likeness (QED) is 0.328. The highest BCUT2D eigenvalue weighted by Crippen LogP contribution is 2.32. The van der Waals surface area contributed by atoms with Crippen LogP contribution < -0.4 is 14.4 Å². The number of sulfonamides is 1. The van der Waals surface area contributed by atoms with Crippen LogP contribution >= 0.6 is 23.2 Å². The molecule has 0 aliphatic carbocycles. The average molecular weight is 607 g/mol. The Labute approximate surface area is 245 Å². The summed E-state index contributed by atoms with van der Waals surface area (Å²) in [5.74, 6) is -0.608. The van der Waals surface area contributed by atoms with Crippen LogP contribution in [0.3, 0.4) is 0 Å². The average Bonchev–Trinajstić information content (AvgIpc) is 2.90. The molecule has 2 amide bonds. The van der Waals surface area contributed by atoms with Gasteiger partial charge in [-0.2, -0.15) is 0 Å². The third-order valence-corrected chi connectivity index (χ3v) is 8.30. The van der Waals surface area contributed by atoms with E-state index in [1.807, 2.05) is 20.8 Å². The molecule has 214 valence electrons. The highest BCUT2D eigenvalue weighted by molar-refractivity contribution is 7.92. The topological polar surface area (TPSA) is 96.0 Å². The zero-order valence-corrected chi connectivity index (χ0v) is 25.3. The standard InChI is InChI=1S/C29H33Cl2N3O5S/c1-20(28(36)32-29(2,3)4)33(18-21-11-13-22(30)14-12-21)27(35)19-34(23-15-16-26(39-5)25(31)17-23)40(37,38)24-9-7-6-8-10-24/h6-17,20H,18-19H2,1-5H3,(H,32,36)/t20-/m1/s1. The molecule has 0 aromatic heterocycles. The van der Waals surface area contributed by atoms with Crippen molar-refractivity contribution in [2.75, 3.05) is 18.0 Å². The maximum Gasteiger partial charge on any atom is 0.264 e. The van der Waals surface area contributed by atoms with Crippen molar-refractivity contribution in [3.8, 4) is 5.75 Å². The van der Waals surface area contributed by atoms with E-state index in [2.05, 4.69) is 5.32 Å². The molecule has 1 N–H and O–H groups in total. The van der Waals surface area contributed by atoms with Gasteiger partial charge < -0.3 is 15.0 Å². The summed E-state index contributed by atoms with van der Waals surface area (Å²) < 4.78 is 33.9. The Hall–Kier alpha value is -3.27. The van der Waals surface area contributed by atoms with Gasteiger partial charge in [0.1, 0.15) is 18.3 Å². The van der Waals surface area contributed by atoms with Crippen LogP contribution in [0.15, 0.2) is 77.7 Å². The molecule has 40 heavy (non-hydrogen) atoms. The number of hydrogen-bond acceptors (Lipinski definition) is 5. The molecule has 0 saturated heterocycles. The van der Waals surface area contributed by atoms with Crippen molar-refractivity contribution in [2.45, 2.75) is 50.7 Å². The van der Waals surface area contributed by atoms with Gasteiger partial charge in [0.25, 0.3) is 10.0 Å².